The highest BCUT2D eigenvalue weighted by atomic mass is 32.2. The van der Waals surface area contributed by atoms with Crippen molar-refractivity contribution in [2.24, 2.45) is 0 Å². The third kappa shape index (κ3) is 7.53. The number of sulfonamides is 1. The molecular formula is C33H37F2N5O5S. The van der Waals surface area contributed by atoms with Crippen molar-refractivity contribution in [3.05, 3.63) is 77.6 Å². The highest BCUT2D eigenvalue weighted by Gasteiger charge is 2.26. The second kappa shape index (κ2) is 13.2. The number of anilines is 2. The number of esters is 1. The summed E-state index contributed by atoms with van der Waals surface area (Å²) in [6.45, 7) is 10.4. The lowest BCUT2D eigenvalue weighted by molar-refractivity contribution is -0.156. The van der Waals surface area contributed by atoms with Crippen molar-refractivity contribution in [3.63, 3.8) is 0 Å². The van der Waals surface area contributed by atoms with E-state index in [1.165, 1.54) is 6.20 Å². The van der Waals surface area contributed by atoms with Crippen LogP contribution < -0.4 is 9.62 Å². The molecule has 0 amide bonds. The molecule has 1 aliphatic heterocycles. The molecule has 2 N–H and O–H groups in total. The van der Waals surface area contributed by atoms with Gasteiger partial charge in [0.25, 0.3) is 0 Å². The Hall–Kier alpha value is -4.36. The predicted octanol–water partition coefficient (Wildman–Crippen LogP) is 5.35. The summed E-state index contributed by atoms with van der Waals surface area (Å²) in [6.07, 6.45) is 3.27. The lowest BCUT2D eigenvalue weighted by Gasteiger charge is -2.36. The van der Waals surface area contributed by atoms with Gasteiger partial charge in [0.05, 0.1) is 23.5 Å². The fourth-order valence-corrected chi connectivity index (χ4v) is 6.53. The minimum absolute atomic E-state index is 0.00316. The Bertz CT molecular complexity index is 1860. The molecule has 4 aromatic rings. The molecular weight excluding hydrogens is 616 g/mol. The van der Waals surface area contributed by atoms with Crippen LogP contribution in [0.1, 0.15) is 50.0 Å². The first-order chi connectivity index (χ1) is 21.7. The number of carbonyl (C=O) groups is 2. The molecule has 46 heavy (non-hydrogen) atoms. The van der Waals surface area contributed by atoms with Crippen LogP contribution in [0, 0.1) is 11.6 Å². The summed E-state index contributed by atoms with van der Waals surface area (Å²) in [5.41, 5.74) is 1.01. The number of nitrogens with zero attached hydrogens (tertiary/aromatic N) is 3. The molecule has 0 saturated carbocycles. The van der Waals surface area contributed by atoms with E-state index in [0.29, 0.717) is 23.0 Å². The van der Waals surface area contributed by atoms with Crippen molar-refractivity contribution in [3.8, 4) is 11.1 Å². The average molecular weight is 654 g/mol. The maximum absolute atomic E-state index is 15.4. The van der Waals surface area contributed by atoms with Crippen LogP contribution in [0.3, 0.4) is 0 Å². The Kier molecular flexibility index (Phi) is 9.45. The van der Waals surface area contributed by atoms with E-state index >= 15 is 4.39 Å². The van der Waals surface area contributed by atoms with E-state index in [9.17, 15) is 22.4 Å². The summed E-state index contributed by atoms with van der Waals surface area (Å²) in [5.74, 6) is -3.83. The van der Waals surface area contributed by atoms with Crippen LogP contribution in [0.5, 0.6) is 0 Å². The molecule has 0 bridgehead atoms. The number of pyridine rings is 1. The van der Waals surface area contributed by atoms with Gasteiger partial charge in [0.2, 0.25) is 15.8 Å². The van der Waals surface area contributed by atoms with Gasteiger partial charge in [-0.25, -0.2) is 22.2 Å². The van der Waals surface area contributed by atoms with E-state index in [1.54, 1.807) is 19.2 Å². The number of fused-ring (bicyclic) bond motifs is 1. The number of ether oxygens (including phenoxy) is 1. The molecule has 2 aromatic carbocycles. The number of H-pyrrole nitrogens is 1. The zero-order chi connectivity index (χ0) is 33.2. The summed E-state index contributed by atoms with van der Waals surface area (Å²) in [7, 11) is -3.87. The summed E-state index contributed by atoms with van der Waals surface area (Å²) in [5, 5.41) is 0.364. The van der Waals surface area contributed by atoms with Crippen LogP contribution >= 0.6 is 0 Å². The molecule has 0 unspecified atom stereocenters. The Labute approximate surface area is 266 Å². The van der Waals surface area contributed by atoms with Crippen molar-refractivity contribution >= 4 is 44.2 Å². The molecule has 1 aliphatic rings. The topological polar surface area (TPSA) is 125 Å². The van der Waals surface area contributed by atoms with Crippen LogP contribution in [-0.4, -0.2) is 79.1 Å². The molecule has 10 nitrogen and oxygen atoms in total. The Morgan fingerprint density at radius 2 is 1.72 bits per heavy atom. The maximum Gasteiger partial charge on any atom is 0.320 e. The van der Waals surface area contributed by atoms with Gasteiger partial charge in [-0.05, 0) is 63.1 Å². The van der Waals surface area contributed by atoms with Gasteiger partial charge < -0.3 is 14.6 Å². The minimum atomic E-state index is -3.87. The van der Waals surface area contributed by atoms with Gasteiger partial charge in [-0.3, -0.25) is 19.2 Å². The number of ketones is 1. The van der Waals surface area contributed by atoms with Gasteiger partial charge in [0, 0.05) is 60.8 Å². The van der Waals surface area contributed by atoms with Gasteiger partial charge in [0.15, 0.2) is 5.82 Å². The summed E-state index contributed by atoms with van der Waals surface area (Å²) in [4.78, 5) is 37.3. The van der Waals surface area contributed by atoms with Crippen LogP contribution in [-0.2, 0) is 19.6 Å². The smallest absolute Gasteiger partial charge is 0.320 e. The summed E-state index contributed by atoms with van der Waals surface area (Å²) >= 11 is 0. The molecule has 5 rings (SSSR count). The normalized spacial score (nSPS) is 14.4. The van der Waals surface area contributed by atoms with Crippen molar-refractivity contribution < 1.29 is 31.5 Å². The molecule has 0 radical (unpaired) electrons. The zero-order valence-electron chi connectivity index (χ0n) is 26.2. The lowest BCUT2D eigenvalue weighted by atomic mass is 9.99. The first kappa shape index (κ1) is 33.0. The number of benzene rings is 2. The number of hydrogen-bond donors (Lipinski definition) is 2. The van der Waals surface area contributed by atoms with E-state index in [-0.39, 0.29) is 23.8 Å². The third-order valence-electron chi connectivity index (χ3n) is 7.54. The fraction of sp³-hybridized carbons (Fsp3) is 0.364. The van der Waals surface area contributed by atoms with Gasteiger partial charge in [0.1, 0.15) is 17.1 Å². The third-order valence-corrected chi connectivity index (χ3v) is 9.02. The number of aromatic amines is 1. The highest BCUT2D eigenvalue weighted by Crippen LogP contribution is 2.30. The van der Waals surface area contributed by atoms with E-state index < -0.39 is 44.3 Å². The molecule has 13 heteroatoms. The van der Waals surface area contributed by atoms with Crippen LogP contribution in [0.4, 0.5) is 20.2 Å². The lowest BCUT2D eigenvalue weighted by Crippen LogP contribution is -2.48. The number of hydrogen-bond acceptors (Lipinski definition) is 8. The van der Waals surface area contributed by atoms with Crippen LogP contribution in [0.2, 0.25) is 0 Å². The van der Waals surface area contributed by atoms with Crippen LogP contribution in [0.15, 0.2) is 54.9 Å². The van der Waals surface area contributed by atoms with E-state index in [2.05, 4.69) is 24.5 Å². The predicted molar refractivity (Wildman–Crippen MR) is 174 cm³/mol. The van der Waals surface area contributed by atoms with E-state index in [1.807, 2.05) is 45.0 Å². The maximum atomic E-state index is 15.4. The summed E-state index contributed by atoms with van der Waals surface area (Å²) in [6, 6.07) is 11.4. The van der Waals surface area contributed by atoms with E-state index in [4.69, 9.17) is 4.74 Å². The summed E-state index contributed by atoms with van der Waals surface area (Å²) < 4.78 is 62.1. The molecule has 2 aromatic heterocycles. The zero-order valence-corrected chi connectivity index (χ0v) is 27.0. The molecule has 0 spiro atoms. The second-order valence-corrected chi connectivity index (χ2v) is 14.1. The monoisotopic (exact) mass is 653 g/mol. The number of carbonyl (C=O) groups excluding carboxylic acids is 2. The highest BCUT2D eigenvalue weighted by molar-refractivity contribution is 7.92. The number of rotatable bonds is 10. The molecule has 1 fully saturated rings. The van der Waals surface area contributed by atoms with Crippen molar-refractivity contribution in [1.82, 2.24) is 14.9 Å². The first-order valence-corrected chi connectivity index (χ1v) is 16.7. The van der Waals surface area contributed by atoms with Gasteiger partial charge in [-0.1, -0.05) is 19.1 Å². The molecule has 0 atom stereocenters. The fourth-order valence-electron chi connectivity index (χ4n) is 5.40. The second-order valence-electron chi connectivity index (χ2n) is 12.3. The van der Waals surface area contributed by atoms with Crippen molar-refractivity contribution in [2.45, 2.75) is 39.7 Å². The van der Waals surface area contributed by atoms with Gasteiger partial charge in [-0.2, -0.15) is 0 Å². The minimum Gasteiger partial charge on any atom is -0.459 e. The average Bonchev–Trinajstić information content (AvgIpc) is 3.41. The molecule has 1 saturated heterocycles. The molecule has 3 heterocycles. The first-order valence-electron chi connectivity index (χ1n) is 15.0. The Morgan fingerprint density at radius 3 is 2.37 bits per heavy atom. The number of piperazine rings is 1. The number of aromatic nitrogens is 2. The van der Waals surface area contributed by atoms with E-state index in [0.717, 1.165) is 49.6 Å². The van der Waals surface area contributed by atoms with Crippen molar-refractivity contribution in [2.75, 3.05) is 48.1 Å². The molecule has 244 valence electrons. The van der Waals surface area contributed by atoms with Crippen LogP contribution in [0.25, 0.3) is 22.2 Å². The number of nitrogens with one attached hydrogen (secondary N) is 2. The Balaban J connectivity index is 1.32. The Morgan fingerprint density at radius 1 is 1.02 bits per heavy atom. The number of halogens is 2. The quantitative estimate of drug-likeness (QED) is 0.173. The molecule has 0 aliphatic carbocycles. The van der Waals surface area contributed by atoms with Gasteiger partial charge >= 0.3 is 5.97 Å². The SMILES string of the molecule is CCCS(=O)(=O)Nc1ccc(F)c(C(=O)c2c[nH]c3ncc(-c4ccc(N5CCN(CC(=O)OC(C)(C)C)CC5)cc4)cc23)c1F. The van der Waals surface area contributed by atoms with Crippen molar-refractivity contribution in [1.29, 1.82) is 0 Å². The standard InChI is InChI=1S/C33H37F2N5O5S/c1-5-16-46(43,44)38-27-11-10-26(34)29(30(27)35)31(42)25-19-37-32-24(25)17-22(18-36-32)21-6-8-23(9-7-21)40-14-12-39(13-15-40)20-28(41)45-33(2,3)4/h6-11,17-19,38H,5,12-16,20H2,1-4H3,(H,36,37). The largest absolute Gasteiger partial charge is 0.459 e. The van der Waals surface area contributed by atoms with Gasteiger partial charge in [-0.15, -0.1) is 0 Å².